The lowest BCUT2D eigenvalue weighted by Gasteiger charge is -2.00. The van der Waals surface area contributed by atoms with E-state index in [1.54, 1.807) is 12.1 Å². The van der Waals surface area contributed by atoms with Crippen LogP contribution in [0.1, 0.15) is 0 Å². The number of hydrogen-bond donors (Lipinski definition) is 0. The smallest absolute Gasteiger partial charge is 0.376 e. The Morgan fingerprint density at radius 3 is 2.45 bits per heavy atom. The summed E-state index contributed by atoms with van der Waals surface area (Å²) in [6.07, 6.45) is 0. The van der Waals surface area contributed by atoms with Gasteiger partial charge in [-0.05, 0) is 12.1 Å². The van der Waals surface area contributed by atoms with Crippen LogP contribution in [0.3, 0.4) is 0 Å². The zero-order valence-corrected chi connectivity index (χ0v) is 7.06. The lowest BCUT2D eigenvalue weighted by atomic mass is 10.3. The van der Waals surface area contributed by atoms with Crippen molar-refractivity contribution in [1.82, 2.24) is 0 Å². The minimum absolute atomic E-state index is 0.0992. The van der Waals surface area contributed by atoms with Gasteiger partial charge in [-0.1, -0.05) is 18.2 Å². The predicted octanol–water partition coefficient (Wildman–Crippen LogP) is 2.52. The third-order valence-corrected chi connectivity index (χ3v) is 1.41. The van der Waals surface area contributed by atoms with Crippen molar-refractivity contribution in [3.05, 3.63) is 30.3 Å². The highest BCUT2D eigenvalue weighted by Crippen LogP contribution is 2.09. The van der Waals surface area contributed by atoms with Crippen LogP contribution >= 0.6 is 24.1 Å². The molecule has 0 aliphatic heterocycles. The molecule has 0 saturated carbocycles. The van der Waals surface area contributed by atoms with Crippen LogP contribution in [-0.4, -0.2) is 5.24 Å². The van der Waals surface area contributed by atoms with Crippen molar-refractivity contribution in [2.45, 2.75) is 0 Å². The molecular formula is C7H5ClO2S. The molecular weight excluding hydrogens is 184 g/mol. The van der Waals surface area contributed by atoms with E-state index < -0.39 is 0 Å². The molecule has 0 heterocycles. The van der Waals surface area contributed by atoms with Crippen molar-refractivity contribution < 1.29 is 9.03 Å². The molecule has 1 rings (SSSR count). The second-order valence-electron chi connectivity index (χ2n) is 1.74. The van der Waals surface area contributed by atoms with Gasteiger partial charge in [0.1, 0.15) is 17.6 Å². The first kappa shape index (κ1) is 8.30. The molecule has 0 atom stereocenters. The minimum Gasteiger partial charge on any atom is -0.417 e. The van der Waals surface area contributed by atoms with E-state index in [2.05, 4.69) is 16.5 Å². The molecule has 0 radical (unpaired) electrons. The van der Waals surface area contributed by atoms with Gasteiger partial charge < -0.3 is 9.03 Å². The molecule has 58 valence electrons. The number of ether oxygens (including phenoxy) is 1. The average Bonchev–Trinajstić information content (AvgIpc) is 2.06. The topological polar surface area (TPSA) is 18.5 Å². The van der Waals surface area contributed by atoms with Crippen molar-refractivity contribution in [2.75, 3.05) is 0 Å². The maximum absolute atomic E-state index is 4.94. The predicted molar refractivity (Wildman–Crippen MR) is 46.6 cm³/mol. The molecule has 11 heavy (non-hydrogen) atoms. The maximum Gasteiger partial charge on any atom is 0.376 e. The van der Waals surface area contributed by atoms with Gasteiger partial charge in [-0.2, -0.15) is 0 Å². The number of benzene rings is 1. The average molecular weight is 189 g/mol. The van der Waals surface area contributed by atoms with Crippen LogP contribution in [-0.2, 0) is 4.29 Å². The van der Waals surface area contributed by atoms with Gasteiger partial charge in [0.15, 0.2) is 0 Å². The van der Waals surface area contributed by atoms with Gasteiger partial charge in [0, 0.05) is 12.2 Å². The SMILES string of the molecule is S=C(OCl)Oc1ccccc1. The fraction of sp³-hybridized carbons (Fsp3) is 0. The first-order chi connectivity index (χ1) is 5.33. The largest absolute Gasteiger partial charge is 0.417 e. The quantitative estimate of drug-likeness (QED) is 0.631. The molecule has 0 N–H and O–H groups in total. The van der Waals surface area contributed by atoms with E-state index in [0.29, 0.717) is 5.75 Å². The summed E-state index contributed by atoms with van der Waals surface area (Å²) in [5.41, 5.74) is 0. The number of para-hydroxylation sites is 1. The molecule has 0 bridgehead atoms. The highest BCUT2D eigenvalue weighted by molar-refractivity contribution is 7.79. The van der Waals surface area contributed by atoms with Gasteiger partial charge in [-0.3, -0.25) is 0 Å². The summed E-state index contributed by atoms with van der Waals surface area (Å²) in [6, 6.07) is 9.03. The summed E-state index contributed by atoms with van der Waals surface area (Å²) in [7, 11) is 0. The van der Waals surface area contributed by atoms with Crippen LogP contribution in [0.5, 0.6) is 5.75 Å². The second-order valence-corrected chi connectivity index (χ2v) is 2.23. The summed E-state index contributed by atoms with van der Waals surface area (Å²) in [5.74, 6) is 0.609. The molecule has 0 aliphatic rings. The molecule has 0 spiro atoms. The van der Waals surface area contributed by atoms with Gasteiger partial charge in [-0.25, -0.2) is 0 Å². The van der Waals surface area contributed by atoms with E-state index in [1.165, 1.54) is 0 Å². The molecule has 0 unspecified atom stereocenters. The van der Waals surface area contributed by atoms with Crippen molar-refractivity contribution >= 4 is 29.3 Å². The van der Waals surface area contributed by atoms with Crippen LogP contribution < -0.4 is 4.74 Å². The first-order valence-corrected chi connectivity index (χ1v) is 3.60. The fourth-order valence-corrected chi connectivity index (χ4v) is 0.728. The lowest BCUT2D eigenvalue weighted by molar-refractivity contribution is 0.426. The molecule has 0 aromatic heterocycles. The highest BCUT2D eigenvalue weighted by atomic mass is 35.5. The van der Waals surface area contributed by atoms with Crippen LogP contribution in [0.4, 0.5) is 0 Å². The van der Waals surface area contributed by atoms with Crippen molar-refractivity contribution in [1.29, 1.82) is 0 Å². The normalized spacial score (nSPS) is 8.82. The second kappa shape index (κ2) is 4.16. The monoisotopic (exact) mass is 188 g/mol. The van der Waals surface area contributed by atoms with E-state index in [9.17, 15) is 0 Å². The van der Waals surface area contributed by atoms with Gasteiger partial charge in [-0.15, -0.1) is 0 Å². The molecule has 1 aromatic rings. The summed E-state index contributed by atoms with van der Waals surface area (Å²) < 4.78 is 9.08. The summed E-state index contributed by atoms with van der Waals surface area (Å²) in [5, 5.41) is -0.0992. The maximum atomic E-state index is 4.94. The number of halogens is 1. The van der Waals surface area contributed by atoms with E-state index in [-0.39, 0.29) is 5.24 Å². The Hall–Kier alpha value is -0.800. The van der Waals surface area contributed by atoms with Crippen LogP contribution in [0.15, 0.2) is 30.3 Å². The Morgan fingerprint density at radius 1 is 1.27 bits per heavy atom. The minimum atomic E-state index is -0.0992. The Bertz CT molecular complexity index is 237. The van der Waals surface area contributed by atoms with Crippen molar-refractivity contribution in [3.8, 4) is 5.75 Å². The lowest BCUT2D eigenvalue weighted by Crippen LogP contribution is -2.03. The van der Waals surface area contributed by atoms with Crippen LogP contribution in [0.25, 0.3) is 0 Å². The number of hydrogen-bond acceptors (Lipinski definition) is 3. The van der Waals surface area contributed by atoms with E-state index in [1.807, 2.05) is 18.2 Å². The van der Waals surface area contributed by atoms with Crippen LogP contribution in [0.2, 0.25) is 0 Å². The molecule has 4 heteroatoms. The van der Waals surface area contributed by atoms with Gasteiger partial charge in [0.2, 0.25) is 0 Å². The highest BCUT2D eigenvalue weighted by Gasteiger charge is 1.97. The molecule has 1 aromatic carbocycles. The summed E-state index contributed by atoms with van der Waals surface area (Å²) in [6.45, 7) is 0. The fourth-order valence-electron chi connectivity index (χ4n) is 0.601. The summed E-state index contributed by atoms with van der Waals surface area (Å²) in [4.78, 5) is 0. The van der Waals surface area contributed by atoms with E-state index in [4.69, 9.17) is 16.6 Å². The van der Waals surface area contributed by atoms with Crippen LogP contribution in [0, 0.1) is 0 Å². The zero-order valence-electron chi connectivity index (χ0n) is 5.49. The number of thiocarbonyl (C=S) groups is 1. The van der Waals surface area contributed by atoms with E-state index in [0.717, 1.165) is 0 Å². The Morgan fingerprint density at radius 2 is 1.91 bits per heavy atom. The molecule has 0 fully saturated rings. The molecule has 0 amide bonds. The van der Waals surface area contributed by atoms with Crippen molar-refractivity contribution in [2.24, 2.45) is 0 Å². The van der Waals surface area contributed by atoms with Crippen molar-refractivity contribution in [3.63, 3.8) is 0 Å². The first-order valence-electron chi connectivity index (χ1n) is 2.88. The standard InChI is InChI=1S/C7H5ClO2S/c8-10-7(11)9-6-4-2-1-3-5-6/h1-5H. The Labute approximate surface area is 74.9 Å². The zero-order chi connectivity index (χ0) is 8.10. The van der Waals surface area contributed by atoms with Gasteiger partial charge >= 0.3 is 5.24 Å². The Kier molecular flexibility index (Phi) is 3.14. The molecule has 0 aliphatic carbocycles. The van der Waals surface area contributed by atoms with Gasteiger partial charge in [0.05, 0.1) is 0 Å². The summed E-state index contributed by atoms with van der Waals surface area (Å²) >= 11 is 9.50. The third-order valence-electron chi connectivity index (χ3n) is 1.01. The van der Waals surface area contributed by atoms with Gasteiger partial charge in [0.25, 0.3) is 0 Å². The molecule has 0 saturated heterocycles. The number of rotatable bonds is 1. The third kappa shape index (κ3) is 2.74. The van der Waals surface area contributed by atoms with E-state index >= 15 is 0 Å². The molecule has 2 nitrogen and oxygen atoms in total. The Balaban J connectivity index is 2.58.